The summed E-state index contributed by atoms with van der Waals surface area (Å²) in [6.45, 7) is 9.19. The standard InChI is InChI=1S/C23H50N2/c1-5-21-24-25(4)22-19-17-15-13-11-9-7-6-8-10-12-14-16-18-20-23(2)3/h23-24H,5-22H2,1-4H3. The Morgan fingerprint density at radius 2 is 1.04 bits per heavy atom. The summed E-state index contributed by atoms with van der Waals surface area (Å²) in [4.78, 5) is 0. The molecule has 0 unspecified atom stereocenters. The molecule has 0 atom stereocenters. The lowest BCUT2D eigenvalue weighted by Crippen LogP contribution is -2.35. The van der Waals surface area contributed by atoms with Crippen molar-refractivity contribution in [3.8, 4) is 0 Å². The first kappa shape index (κ1) is 24.9. The molecule has 0 aliphatic heterocycles. The van der Waals surface area contributed by atoms with Gasteiger partial charge in [0.05, 0.1) is 0 Å². The lowest BCUT2D eigenvalue weighted by molar-refractivity contribution is 0.230. The number of nitrogens with zero attached hydrogens (tertiary/aromatic N) is 1. The minimum absolute atomic E-state index is 0.893. The zero-order valence-electron chi connectivity index (χ0n) is 18.3. The monoisotopic (exact) mass is 354 g/mol. The Kier molecular flexibility index (Phi) is 20.2. The molecule has 0 aliphatic carbocycles. The van der Waals surface area contributed by atoms with Crippen LogP contribution in [0.5, 0.6) is 0 Å². The SMILES string of the molecule is CCCNN(C)CCCCCCCCCCCCCCCCC(C)C. The third-order valence-electron chi connectivity index (χ3n) is 5.16. The van der Waals surface area contributed by atoms with Crippen LogP contribution < -0.4 is 5.43 Å². The molecule has 0 saturated heterocycles. The summed E-state index contributed by atoms with van der Waals surface area (Å²) in [5.74, 6) is 0.893. The van der Waals surface area contributed by atoms with E-state index in [1.807, 2.05) is 0 Å². The first-order chi connectivity index (χ1) is 12.2. The van der Waals surface area contributed by atoms with E-state index in [0.29, 0.717) is 0 Å². The van der Waals surface area contributed by atoms with Crippen molar-refractivity contribution in [3.05, 3.63) is 0 Å². The topological polar surface area (TPSA) is 15.3 Å². The summed E-state index contributed by atoms with van der Waals surface area (Å²) in [5.41, 5.74) is 3.42. The van der Waals surface area contributed by atoms with E-state index < -0.39 is 0 Å². The fourth-order valence-corrected chi connectivity index (χ4v) is 3.40. The summed E-state index contributed by atoms with van der Waals surface area (Å²) < 4.78 is 0. The van der Waals surface area contributed by atoms with Gasteiger partial charge in [0, 0.05) is 20.1 Å². The molecule has 0 aromatic carbocycles. The van der Waals surface area contributed by atoms with E-state index in [1.165, 1.54) is 109 Å². The van der Waals surface area contributed by atoms with E-state index in [9.17, 15) is 0 Å². The molecule has 0 radical (unpaired) electrons. The highest BCUT2D eigenvalue weighted by Gasteiger charge is 1.97. The fraction of sp³-hybridized carbons (Fsp3) is 1.00. The second-order valence-corrected chi connectivity index (χ2v) is 8.46. The Hall–Kier alpha value is -0.0800. The maximum absolute atomic E-state index is 3.42. The molecule has 0 aromatic rings. The third kappa shape index (κ3) is 21.9. The number of hydrazine groups is 1. The van der Waals surface area contributed by atoms with Crippen molar-refractivity contribution < 1.29 is 0 Å². The van der Waals surface area contributed by atoms with Crippen LogP contribution >= 0.6 is 0 Å². The van der Waals surface area contributed by atoms with Crippen LogP contribution in [0, 0.1) is 5.92 Å². The molecule has 152 valence electrons. The van der Waals surface area contributed by atoms with Crippen LogP contribution in [0.15, 0.2) is 0 Å². The normalized spacial score (nSPS) is 11.8. The zero-order chi connectivity index (χ0) is 18.6. The van der Waals surface area contributed by atoms with Gasteiger partial charge in [-0.15, -0.1) is 0 Å². The predicted octanol–water partition coefficient (Wildman–Crippen LogP) is 7.34. The smallest absolute Gasteiger partial charge is 0.0127 e. The summed E-state index contributed by atoms with van der Waals surface area (Å²) in [6, 6.07) is 0. The van der Waals surface area contributed by atoms with Gasteiger partial charge >= 0.3 is 0 Å². The Balaban J connectivity index is 3.05. The number of nitrogens with one attached hydrogen (secondary N) is 1. The second-order valence-electron chi connectivity index (χ2n) is 8.46. The van der Waals surface area contributed by atoms with E-state index in [-0.39, 0.29) is 0 Å². The molecule has 25 heavy (non-hydrogen) atoms. The lowest BCUT2D eigenvalue weighted by atomic mass is 10.0. The highest BCUT2D eigenvalue weighted by Crippen LogP contribution is 2.14. The van der Waals surface area contributed by atoms with Gasteiger partial charge in [0.1, 0.15) is 0 Å². The minimum Gasteiger partial charge on any atom is -0.255 e. The van der Waals surface area contributed by atoms with Crippen LogP contribution in [0.3, 0.4) is 0 Å². The average Bonchev–Trinajstić information content (AvgIpc) is 2.59. The maximum Gasteiger partial charge on any atom is 0.0127 e. The van der Waals surface area contributed by atoms with Crippen LogP contribution in [0.1, 0.15) is 124 Å². The van der Waals surface area contributed by atoms with Crippen LogP contribution in [-0.4, -0.2) is 25.1 Å². The number of rotatable bonds is 20. The van der Waals surface area contributed by atoms with Gasteiger partial charge in [0.15, 0.2) is 0 Å². The molecule has 0 spiro atoms. The Labute approximate surface area is 160 Å². The molecule has 0 aromatic heterocycles. The van der Waals surface area contributed by atoms with Gasteiger partial charge in [0.25, 0.3) is 0 Å². The molecule has 0 heterocycles. The van der Waals surface area contributed by atoms with E-state index in [4.69, 9.17) is 0 Å². The van der Waals surface area contributed by atoms with Gasteiger partial charge in [-0.3, -0.25) is 5.43 Å². The van der Waals surface area contributed by atoms with E-state index in [0.717, 1.165) is 12.5 Å². The van der Waals surface area contributed by atoms with Gasteiger partial charge in [-0.2, -0.15) is 0 Å². The van der Waals surface area contributed by atoms with Gasteiger partial charge in [-0.1, -0.05) is 111 Å². The molecule has 1 N–H and O–H groups in total. The van der Waals surface area contributed by atoms with Gasteiger partial charge in [-0.25, -0.2) is 5.01 Å². The Bertz CT molecular complexity index is 240. The Morgan fingerprint density at radius 3 is 1.44 bits per heavy atom. The molecule has 0 rings (SSSR count). The van der Waals surface area contributed by atoms with Crippen LogP contribution in [-0.2, 0) is 0 Å². The largest absolute Gasteiger partial charge is 0.255 e. The third-order valence-corrected chi connectivity index (χ3v) is 5.16. The van der Waals surface area contributed by atoms with Crippen LogP contribution in [0.4, 0.5) is 0 Å². The lowest BCUT2D eigenvalue weighted by Gasteiger charge is -2.17. The van der Waals surface area contributed by atoms with Crippen LogP contribution in [0.2, 0.25) is 0 Å². The summed E-state index contributed by atoms with van der Waals surface area (Å²) in [7, 11) is 2.17. The minimum atomic E-state index is 0.893. The van der Waals surface area contributed by atoms with E-state index in [1.54, 1.807) is 0 Å². The van der Waals surface area contributed by atoms with E-state index >= 15 is 0 Å². The molecular formula is C23H50N2. The van der Waals surface area contributed by atoms with Crippen molar-refractivity contribution >= 4 is 0 Å². The molecule has 0 fully saturated rings. The van der Waals surface area contributed by atoms with E-state index in [2.05, 4.69) is 38.3 Å². The summed E-state index contributed by atoms with van der Waals surface area (Å²) in [5, 5.41) is 2.26. The number of hydrogen-bond donors (Lipinski definition) is 1. The van der Waals surface area contributed by atoms with Crippen molar-refractivity contribution in [2.45, 2.75) is 124 Å². The first-order valence-corrected chi connectivity index (χ1v) is 11.6. The molecular weight excluding hydrogens is 304 g/mol. The highest BCUT2D eigenvalue weighted by molar-refractivity contribution is 4.52. The van der Waals surface area contributed by atoms with Gasteiger partial charge < -0.3 is 0 Å². The Morgan fingerprint density at radius 1 is 0.640 bits per heavy atom. The average molecular weight is 355 g/mol. The molecule has 0 amide bonds. The van der Waals surface area contributed by atoms with Crippen molar-refractivity contribution in [2.75, 3.05) is 20.1 Å². The van der Waals surface area contributed by atoms with Crippen molar-refractivity contribution in [3.63, 3.8) is 0 Å². The molecule has 0 bridgehead atoms. The predicted molar refractivity (Wildman–Crippen MR) is 115 cm³/mol. The maximum atomic E-state index is 3.42. The highest BCUT2D eigenvalue weighted by atomic mass is 15.5. The van der Waals surface area contributed by atoms with Gasteiger partial charge in [0.2, 0.25) is 0 Å². The first-order valence-electron chi connectivity index (χ1n) is 11.6. The molecule has 2 heteroatoms. The number of unbranched alkanes of at least 4 members (excludes halogenated alkanes) is 13. The fourth-order valence-electron chi connectivity index (χ4n) is 3.40. The quantitative estimate of drug-likeness (QED) is 0.182. The number of hydrogen-bond acceptors (Lipinski definition) is 2. The van der Waals surface area contributed by atoms with Crippen molar-refractivity contribution in [1.29, 1.82) is 0 Å². The van der Waals surface area contributed by atoms with Gasteiger partial charge in [-0.05, 0) is 18.8 Å². The molecule has 0 aliphatic rings. The van der Waals surface area contributed by atoms with Crippen molar-refractivity contribution in [1.82, 2.24) is 10.4 Å². The second kappa shape index (κ2) is 20.2. The zero-order valence-corrected chi connectivity index (χ0v) is 18.3. The van der Waals surface area contributed by atoms with Crippen LogP contribution in [0.25, 0.3) is 0 Å². The van der Waals surface area contributed by atoms with Crippen molar-refractivity contribution in [2.24, 2.45) is 5.92 Å². The summed E-state index contributed by atoms with van der Waals surface area (Å²) in [6.07, 6.45) is 22.9. The summed E-state index contributed by atoms with van der Waals surface area (Å²) >= 11 is 0. The molecule has 0 saturated carbocycles. The molecule has 2 nitrogen and oxygen atoms in total.